The van der Waals surface area contributed by atoms with Gasteiger partial charge in [0.2, 0.25) is 0 Å². The van der Waals surface area contributed by atoms with Crippen LogP contribution in [0.15, 0.2) is 30.3 Å². The normalized spacial score (nSPS) is 26.0. The zero-order valence-corrected chi connectivity index (χ0v) is 8.46. The lowest BCUT2D eigenvalue weighted by molar-refractivity contribution is -0.0900. The molecule has 2 rings (SSSR count). The molecule has 0 bridgehead atoms. The molecule has 0 aromatic heterocycles. The van der Waals surface area contributed by atoms with E-state index in [9.17, 15) is 0 Å². The van der Waals surface area contributed by atoms with E-state index < -0.39 is 19.3 Å². The average Bonchev–Trinajstić information content (AvgIpc) is 2.58. The van der Waals surface area contributed by atoms with Crippen molar-refractivity contribution in [2.75, 3.05) is 0 Å². The van der Waals surface area contributed by atoms with Crippen molar-refractivity contribution in [3.63, 3.8) is 0 Å². The molecule has 1 aromatic carbocycles. The van der Waals surface area contributed by atoms with Gasteiger partial charge < -0.3 is 4.12 Å². The number of hydrogen-bond acceptors (Lipinski definition) is 3. The van der Waals surface area contributed by atoms with Crippen molar-refractivity contribution in [1.29, 1.82) is 0 Å². The third-order valence-electron chi connectivity index (χ3n) is 1.49. The topological polar surface area (TPSA) is 27.7 Å². The zero-order valence-electron chi connectivity index (χ0n) is 5.90. The smallest absolute Gasteiger partial charge is 0.382 e. The van der Waals surface area contributed by atoms with Crippen molar-refractivity contribution in [2.24, 2.45) is 0 Å². The molecule has 1 aromatic rings. The Hall–Kier alpha value is -0.466. The van der Waals surface area contributed by atoms with Gasteiger partial charge in [-0.1, -0.05) is 30.3 Å². The summed E-state index contributed by atoms with van der Waals surface area (Å²) in [5.41, 5.74) is 0. The standard InChI is InChI=1S/C6H8O3Si2/c1-2-4-6(5-3-1)11-8-7-10-9-11/h1-5,11H,10H2. The largest absolute Gasteiger partial charge is 0.415 e. The molecule has 1 saturated heterocycles. The number of hydrogen-bond donors (Lipinski definition) is 0. The van der Waals surface area contributed by atoms with Crippen molar-refractivity contribution in [1.82, 2.24) is 0 Å². The van der Waals surface area contributed by atoms with Gasteiger partial charge in [0.05, 0.1) is 0 Å². The Morgan fingerprint density at radius 2 is 2.00 bits per heavy atom. The van der Waals surface area contributed by atoms with Gasteiger partial charge in [-0.3, -0.25) is 9.15 Å². The minimum Gasteiger partial charge on any atom is -0.415 e. The highest BCUT2D eigenvalue weighted by Gasteiger charge is 2.22. The highest BCUT2D eigenvalue weighted by molar-refractivity contribution is 6.66. The summed E-state index contributed by atoms with van der Waals surface area (Å²) in [6.07, 6.45) is 0. The van der Waals surface area contributed by atoms with Crippen LogP contribution in [0.4, 0.5) is 0 Å². The number of rotatable bonds is 1. The summed E-state index contributed by atoms with van der Waals surface area (Å²) in [7, 11) is -2.41. The Kier molecular flexibility index (Phi) is 2.15. The maximum atomic E-state index is 5.37. The molecule has 3 nitrogen and oxygen atoms in total. The summed E-state index contributed by atoms with van der Waals surface area (Å²) in [6, 6.07) is 9.97. The van der Waals surface area contributed by atoms with E-state index >= 15 is 0 Å². The third-order valence-corrected chi connectivity index (χ3v) is 4.99. The van der Waals surface area contributed by atoms with Crippen LogP contribution in [0.5, 0.6) is 0 Å². The highest BCUT2D eigenvalue weighted by Crippen LogP contribution is 1.98. The monoisotopic (exact) mass is 184 g/mol. The first kappa shape index (κ1) is 7.20. The van der Waals surface area contributed by atoms with Gasteiger partial charge in [0.25, 0.3) is 0 Å². The Morgan fingerprint density at radius 3 is 2.64 bits per heavy atom. The van der Waals surface area contributed by atoms with Crippen LogP contribution in [0, 0.1) is 0 Å². The quantitative estimate of drug-likeness (QED) is 0.418. The fraction of sp³-hybridized carbons (Fsp3) is 0. The van der Waals surface area contributed by atoms with Crippen molar-refractivity contribution in [3.05, 3.63) is 30.3 Å². The van der Waals surface area contributed by atoms with E-state index in [0.29, 0.717) is 0 Å². The predicted molar refractivity (Wildman–Crippen MR) is 45.0 cm³/mol. The zero-order chi connectivity index (χ0) is 7.52. The predicted octanol–water partition coefficient (Wildman–Crippen LogP) is -0.909. The molecule has 1 aliphatic heterocycles. The van der Waals surface area contributed by atoms with Crippen LogP contribution in [0.1, 0.15) is 0 Å². The molecule has 0 saturated carbocycles. The molecule has 0 radical (unpaired) electrons. The number of benzene rings is 1. The lowest BCUT2D eigenvalue weighted by atomic mass is 10.4. The van der Waals surface area contributed by atoms with Crippen molar-refractivity contribution < 1.29 is 13.3 Å². The van der Waals surface area contributed by atoms with Crippen LogP contribution >= 0.6 is 0 Å². The summed E-state index contributed by atoms with van der Waals surface area (Å²) in [6.45, 7) is 0. The molecule has 1 atom stereocenters. The molecular weight excluding hydrogens is 176 g/mol. The van der Waals surface area contributed by atoms with Crippen LogP contribution in [0.2, 0.25) is 0 Å². The molecular formula is C6H8O3Si2. The Morgan fingerprint density at radius 1 is 1.18 bits per heavy atom. The van der Waals surface area contributed by atoms with Gasteiger partial charge in [0.15, 0.2) is 0 Å². The van der Waals surface area contributed by atoms with Gasteiger partial charge >= 0.3 is 19.3 Å². The van der Waals surface area contributed by atoms with E-state index in [-0.39, 0.29) is 0 Å². The second-order valence-electron chi connectivity index (χ2n) is 2.24. The van der Waals surface area contributed by atoms with Crippen LogP contribution in [-0.2, 0) is 13.3 Å². The minimum atomic E-state index is -1.60. The molecule has 0 spiro atoms. The van der Waals surface area contributed by atoms with Crippen molar-refractivity contribution in [2.45, 2.75) is 0 Å². The van der Waals surface area contributed by atoms with E-state index in [1.165, 1.54) is 0 Å². The Labute approximate surface area is 68.7 Å². The molecule has 0 amide bonds. The lowest BCUT2D eigenvalue weighted by Crippen LogP contribution is -2.31. The van der Waals surface area contributed by atoms with Gasteiger partial charge in [-0.2, -0.15) is 0 Å². The van der Waals surface area contributed by atoms with E-state index in [1.807, 2.05) is 30.3 Å². The van der Waals surface area contributed by atoms with Gasteiger partial charge in [-0.15, -0.1) is 0 Å². The fourth-order valence-electron chi connectivity index (χ4n) is 0.969. The highest BCUT2D eigenvalue weighted by atomic mass is 28.4. The first-order valence-corrected chi connectivity index (χ1v) is 6.09. The maximum absolute atomic E-state index is 5.37. The molecule has 5 heteroatoms. The maximum Gasteiger partial charge on any atom is 0.382 e. The lowest BCUT2D eigenvalue weighted by Gasteiger charge is -2.02. The molecule has 1 aliphatic rings. The Bertz CT molecular complexity index is 223. The second-order valence-corrected chi connectivity index (χ2v) is 5.57. The summed E-state index contributed by atoms with van der Waals surface area (Å²) in [5, 5.41) is 1.15. The first-order chi connectivity index (χ1) is 5.47. The molecule has 58 valence electrons. The molecule has 0 N–H and O–H groups in total. The summed E-state index contributed by atoms with van der Waals surface area (Å²) in [4.78, 5) is 0. The van der Waals surface area contributed by atoms with Crippen LogP contribution in [0.3, 0.4) is 0 Å². The fourth-order valence-corrected chi connectivity index (χ4v) is 4.04. The van der Waals surface area contributed by atoms with Crippen molar-refractivity contribution >= 4 is 24.5 Å². The second kappa shape index (κ2) is 3.29. The van der Waals surface area contributed by atoms with Crippen LogP contribution in [0.25, 0.3) is 0 Å². The third kappa shape index (κ3) is 1.58. The average molecular weight is 184 g/mol. The Balaban J connectivity index is 2.16. The van der Waals surface area contributed by atoms with E-state index in [2.05, 4.69) is 0 Å². The van der Waals surface area contributed by atoms with Crippen LogP contribution < -0.4 is 5.19 Å². The molecule has 1 fully saturated rings. The van der Waals surface area contributed by atoms with E-state index in [0.717, 1.165) is 5.19 Å². The molecule has 1 unspecified atom stereocenters. The molecule has 1 heterocycles. The van der Waals surface area contributed by atoms with Gasteiger partial charge in [0.1, 0.15) is 0 Å². The van der Waals surface area contributed by atoms with Gasteiger partial charge in [-0.05, 0) is 5.19 Å². The first-order valence-electron chi connectivity index (χ1n) is 3.41. The minimum absolute atomic E-state index is 0.809. The summed E-state index contributed by atoms with van der Waals surface area (Å²) in [5.74, 6) is 0. The van der Waals surface area contributed by atoms with E-state index in [4.69, 9.17) is 13.3 Å². The van der Waals surface area contributed by atoms with Gasteiger partial charge in [0, 0.05) is 0 Å². The van der Waals surface area contributed by atoms with E-state index in [1.54, 1.807) is 0 Å². The molecule has 11 heavy (non-hydrogen) atoms. The molecule has 0 aliphatic carbocycles. The summed E-state index contributed by atoms with van der Waals surface area (Å²) < 4.78 is 15.2. The SMILES string of the molecule is c1ccc([SiH]2OO[SiH2]O2)cc1. The van der Waals surface area contributed by atoms with Crippen LogP contribution in [-0.4, -0.2) is 19.3 Å². The van der Waals surface area contributed by atoms with Crippen molar-refractivity contribution in [3.8, 4) is 0 Å². The summed E-state index contributed by atoms with van der Waals surface area (Å²) >= 11 is 0. The van der Waals surface area contributed by atoms with Gasteiger partial charge in [-0.25, -0.2) is 0 Å².